The molecule has 0 aliphatic heterocycles. The number of nitrogens with zero attached hydrogens (tertiary/aromatic N) is 1. The summed E-state index contributed by atoms with van der Waals surface area (Å²) in [7, 11) is 1.82. The number of hydrogen-bond donors (Lipinski definition) is 1. The van der Waals surface area contributed by atoms with Crippen molar-refractivity contribution in [3.05, 3.63) is 35.9 Å². The van der Waals surface area contributed by atoms with Crippen LogP contribution in [0, 0.1) is 0 Å². The number of rotatable bonds is 6. The second kappa shape index (κ2) is 7.07. The Morgan fingerprint density at radius 1 is 1.35 bits per heavy atom. The van der Waals surface area contributed by atoms with Crippen LogP contribution in [0.4, 0.5) is 0 Å². The van der Waals surface area contributed by atoms with Gasteiger partial charge in [0, 0.05) is 13.6 Å². The largest absolute Gasteiger partial charge is 0.344 e. The molecule has 1 amide bonds. The zero-order valence-corrected chi connectivity index (χ0v) is 10.7. The van der Waals surface area contributed by atoms with Gasteiger partial charge >= 0.3 is 0 Å². The lowest BCUT2D eigenvalue weighted by molar-refractivity contribution is -0.131. The molecule has 3 nitrogen and oxygen atoms in total. The normalized spacial score (nSPS) is 12.2. The highest BCUT2D eigenvalue weighted by molar-refractivity contribution is 5.81. The van der Waals surface area contributed by atoms with E-state index in [1.54, 1.807) is 4.90 Å². The fourth-order valence-electron chi connectivity index (χ4n) is 1.73. The van der Waals surface area contributed by atoms with Crippen molar-refractivity contribution in [2.24, 2.45) is 5.73 Å². The first-order valence-corrected chi connectivity index (χ1v) is 6.19. The van der Waals surface area contributed by atoms with E-state index >= 15 is 0 Å². The maximum absolute atomic E-state index is 11.7. The third-order valence-corrected chi connectivity index (χ3v) is 2.94. The third-order valence-electron chi connectivity index (χ3n) is 2.94. The second-order valence-electron chi connectivity index (χ2n) is 4.36. The first kappa shape index (κ1) is 13.7. The van der Waals surface area contributed by atoms with E-state index in [-0.39, 0.29) is 11.9 Å². The summed E-state index contributed by atoms with van der Waals surface area (Å²) in [5.41, 5.74) is 7.02. The van der Waals surface area contributed by atoms with Gasteiger partial charge in [-0.1, -0.05) is 37.3 Å². The predicted molar refractivity (Wildman–Crippen MR) is 70.7 cm³/mol. The molecule has 0 heterocycles. The lowest BCUT2D eigenvalue weighted by Gasteiger charge is -2.20. The number of aryl methyl sites for hydroxylation is 1. The van der Waals surface area contributed by atoms with Crippen molar-refractivity contribution >= 4 is 5.91 Å². The zero-order chi connectivity index (χ0) is 12.7. The summed E-state index contributed by atoms with van der Waals surface area (Å²) in [6, 6.07) is 9.96. The first-order chi connectivity index (χ1) is 8.15. The zero-order valence-electron chi connectivity index (χ0n) is 10.7. The van der Waals surface area contributed by atoms with Crippen LogP contribution in [0.15, 0.2) is 30.3 Å². The van der Waals surface area contributed by atoms with Crippen LogP contribution >= 0.6 is 0 Å². The summed E-state index contributed by atoms with van der Waals surface area (Å²) in [5.74, 6) is 0.0422. The van der Waals surface area contributed by atoms with Gasteiger partial charge in [0.25, 0.3) is 0 Å². The molecule has 0 spiro atoms. The van der Waals surface area contributed by atoms with Gasteiger partial charge in [-0.2, -0.15) is 0 Å². The number of carbonyl (C=O) groups is 1. The SMILES string of the molecule is CC[C@H](N)C(=O)N(C)CCCc1ccccc1. The topological polar surface area (TPSA) is 46.3 Å². The van der Waals surface area contributed by atoms with Crippen molar-refractivity contribution in [2.75, 3.05) is 13.6 Å². The fraction of sp³-hybridized carbons (Fsp3) is 0.500. The standard InChI is InChI=1S/C14H22N2O/c1-3-13(15)14(17)16(2)11-7-10-12-8-5-4-6-9-12/h4-6,8-9,13H,3,7,10-11,15H2,1-2H3/t13-/m0/s1. The van der Waals surface area contributed by atoms with Gasteiger partial charge < -0.3 is 10.6 Å². The molecule has 0 aromatic heterocycles. The highest BCUT2D eigenvalue weighted by Crippen LogP contribution is 2.04. The number of amides is 1. The fourth-order valence-corrected chi connectivity index (χ4v) is 1.73. The van der Waals surface area contributed by atoms with Crippen LogP contribution in [0.2, 0.25) is 0 Å². The molecular formula is C14H22N2O. The van der Waals surface area contributed by atoms with Crippen molar-refractivity contribution in [3.63, 3.8) is 0 Å². The van der Waals surface area contributed by atoms with Crippen LogP contribution in [-0.4, -0.2) is 30.4 Å². The number of carbonyl (C=O) groups excluding carboxylic acids is 1. The van der Waals surface area contributed by atoms with Crippen molar-refractivity contribution in [1.29, 1.82) is 0 Å². The van der Waals surface area contributed by atoms with Gasteiger partial charge in [0.15, 0.2) is 0 Å². The maximum Gasteiger partial charge on any atom is 0.239 e. The molecule has 1 aromatic carbocycles. The van der Waals surface area contributed by atoms with E-state index in [2.05, 4.69) is 12.1 Å². The molecular weight excluding hydrogens is 212 g/mol. The van der Waals surface area contributed by atoms with E-state index in [9.17, 15) is 4.79 Å². The van der Waals surface area contributed by atoms with E-state index in [4.69, 9.17) is 5.73 Å². The van der Waals surface area contributed by atoms with E-state index in [0.29, 0.717) is 6.42 Å². The third kappa shape index (κ3) is 4.57. The Balaban J connectivity index is 2.29. The molecule has 0 saturated carbocycles. The van der Waals surface area contributed by atoms with Gasteiger partial charge in [-0.25, -0.2) is 0 Å². The van der Waals surface area contributed by atoms with Crippen molar-refractivity contribution in [3.8, 4) is 0 Å². The second-order valence-corrected chi connectivity index (χ2v) is 4.36. The average Bonchev–Trinajstić information content (AvgIpc) is 2.38. The minimum absolute atomic E-state index is 0.0422. The molecule has 1 atom stereocenters. The summed E-state index contributed by atoms with van der Waals surface area (Å²) in [5, 5.41) is 0. The molecule has 0 aliphatic carbocycles. The molecule has 0 fully saturated rings. The quantitative estimate of drug-likeness (QED) is 0.816. The average molecular weight is 234 g/mol. The summed E-state index contributed by atoms with van der Waals surface area (Å²) in [6.45, 7) is 2.70. The van der Waals surface area contributed by atoms with Crippen LogP contribution in [0.1, 0.15) is 25.3 Å². The number of nitrogens with two attached hydrogens (primary N) is 1. The molecule has 17 heavy (non-hydrogen) atoms. The minimum Gasteiger partial charge on any atom is -0.344 e. The Morgan fingerprint density at radius 3 is 2.59 bits per heavy atom. The highest BCUT2D eigenvalue weighted by Gasteiger charge is 2.15. The molecule has 0 radical (unpaired) electrons. The molecule has 0 aliphatic rings. The molecule has 94 valence electrons. The lowest BCUT2D eigenvalue weighted by Crippen LogP contribution is -2.41. The summed E-state index contributed by atoms with van der Waals surface area (Å²) < 4.78 is 0. The van der Waals surface area contributed by atoms with Crippen LogP contribution in [0.5, 0.6) is 0 Å². The van der Waals surface area contributed by atoms with E-state index in [1.807, 2.05) is 32.2 Å². The lowest BCUT2D eigenvalue weighted by atomic mass is 10.1. The van der Waals surface area contributed by atoms with E-state index in [0.717, 1.165) is 19.4 Å². The summed E-state index contributed by atoms with van der Waals surface area (Å²) in [4.78, 5) is 13.5. The van der Waals surface area contributed by atoms with Crippen molar-refractivity contribution in [2.45, 2.75) is 32.2 Å². The van der Waals surface area contributed by atoms with Gasteiger partial charge in [-0.15, -0.1) is 0 Å². The van der Waals surface area contributed by atoms with Gasteiger partial charge in [-0.05, 0) is 24.8 Å². The van der Waals surface area contributed by atoms with Crippen LogP contribution in [-0.2, 0) is 11.2 Å². The van der Waals surface area contributed by atoms with Gasteiger partial charge in [0.05, 0.1) is 6.04 Å². The van der Waals surface area contributed by atoms with Gasteiger partial charge in [-0.3, -0.25) is 4.79 Å². The smallest absolute Gasteiger partial charge is 0.239 e. The first-order valence-electron chi connectivity index (χ1n) is 6.19. The molecule has 3 heteroatoms. The van der Waals surface area contributed by atoms with Crippen LogP contribution in [0.25, 0.3) is 0 Å². The van der Waals surface area contributed by atoms with Gasteiger partial charge in [0.1, 0.15) is 0 Å². The van der Waals surface area contributed by atoms with Crippen LogP contribution < -0.4 is 5.73 Å². The van der Waals surface area contributed by atoms with Crippen LogP contribution in [0.3, 0.4) is 0 Å². The molecule has 2 N–H and O–H groups in total. The summed E-state index contributed by atoms with van der Waals surface area (Å²) in [6.07, 6.45) is 2.67. The predicted octanol–water partition coefficient (Wildman–Crippen LogP) is 1.81. The van der Waals surface area contributed by atoms with Gasteiger partial charge in [0.2, 0.25) is 5.91 Å². The number of likely N-dealkylation sites (N-methyl/N-ethyl adjacent to an activating group) is 1. The summed E-state index contributed by atoms with van der Waals surface area (Å²) >= 11 is 0. The molecule has 1 aromatic rings. The molecule has 0 unspecified atom stereocenters. The number of benzene rings is 1. The molecule has 0 bridgehead atoms. The Labute approximate surface area is 104 Å². The van der Waals surface area contributed by atoms with Crippen molar-refractivity contribution in [1.82, 2.24) is 4.90 Å². The Bertz CT molecular complexity index is 337. The monoisotopic (exact) mass is 234 g/mol. The molecule has 1 rings (SSSR count). The Kier molecular flexibility index (Phi) is 5.70. The van der Waals surface area contributed by atoms with E-state index in [1.165, 1.54) is 5.56 Å². The number of hydrogen-bond acceptors (Lipinski definition) is 2. The Morgan fingerprint density at radius 2 is 2.00 bits per heavy atom. The maximum atomic E-state index is 11.7. The minimum atomic E-state index is -0.350. The Hall–Kier alpha value is -1.35. The highest BCUT2D eigenvalue weighted by atomic mass is 16.2. The molecule has 0 saturated heterocycles. The van der Waals surface area contributed by atoms with Crippen molar-refractivity contribution < 1.29 is 4.79 Å². The van der Waals surface area contributed by atoms with E-state index < -0.39 is 0 Å².